The van der Waals surface area contributed by atoms with Crippen LogP contribution in [-0.2, 0) is 12.8 Å². The van der Waals surface area contributed by atoms with E-state index in [0.29, 0.717) is 0 Å². The quantitative estimate of drug-likeness (QED) is 0.129. The second-order valence-corrected chi connectivity index (χ2v) is 12.5. The van der Waals surface area contributed by atoms with Crippen LogP contribution in [0.25, 0.3) is 0 Å². The lowest BCUT2D eigenvalue weighted by molar-refractivity contribution is 0.795. The van der Waals surface area contributed by atoms with Crippen LogP contribution in [0.2, 0.25) is 0 Å². The number of rotatable bonds is 12. The van der Waals surface area contributed by atoms with Crippen molar-refractivity contribution < 1.29 is 0 Å². The molecule has 0 aliphatic carbocycles. The van der Waals surface area contributed by atoms with Crippen LogP contribution in [0.4, 0.5) is 34.1 Å². The minimum Gasteiger partial charge on any atom is -0.308 e. The number of benzene rings is 5. The molecule has 0 atom stereocenters. The number of hydrogen-bond acceptors (Lipinski definition) is 2. The van der Waals surface area contributed by atoms with E-state index in [-0.39, 0.29) is 0 Å². The summed E-state index contributed by atoms with van der Waals surface area (Å²) in [6.07, 6.45) is 7.03. The molecule has 214 valence electrons. The molecule has 42 heavy (non-hydrogen) atoms. The summed E-state index contributed by atoms with van der Waals surface area (Å²) >= 11 is 7.27. The molecule has 0 aromatic heterocycles. The van der Waals surface area contributed by atoms with Gasteiger partial charge in [-0.05, 0) is 122 Å². The van der Waals surface area contributed by atoms with Crippen molar-refractivity contribution in [3.05, 3.63) is 141 Å². The van der Waals surface area contributed by atoms with Crippen molar-refractivity contribution in [2.45, 2.75) is 52.4 Å². The van der Waals surface area contributed by atoms with E-state index in [9.17, 15) is 0 Å². The maximum absolute atomic E-state index is 3.64. The number of hydrogen-bond donors (Lipinski definition) is 0. The van der Waals surface area contributed by atoms with Crippen LogP contribution in [0.1, 0.15) is 50.7 Å². The monoisotopic (exact) mass is 680 g/mol. The van der Waals surface area contributed by atoms with Gasteiger partial charge >= 0.3 is 0 Å². The summed E-state index contributed by atoms with van der Waals surface area (Å²) in [5.74, 6) is 0. The van der Waals surface area contributed by atoms with Gasteiger partial charge in [0.2, 0.25) is 0 Å². The summed E-state index contributed by atoms with van der Waals surface area (Å²) in [6, 6.07) is 44.0. The molecule has 0 amide bonds. The molecular formula is C38H38Br2N2. The van der Waals surface area contributed by atoms with Crippen molar-refractivity contribution in [2.75, 3.05) is 9.80 Å². The Kier molecular flexibility index (Phi) is 10.6. The third kappa shape index (κ3) is 7.35. The van der Waals surface area contributed by atoms with Gasteiger partial charge in [0, 0.05) is 31.7 Å². The average molecular weight is 683 g/mol. The standard InChI is InChI=1S/C38H38Br2N2/c1-3-5-9-29-13-21-33(22-14-29)41(35-25-17-31(39)18-26-35)37-11-7-8-12-38(37)42(36-27-19-32(40)20-28-36)34-23-15-30(16-24-34)10-6-4-2/h7-8,11-28H,3-6,9-10H2,1-2H3. The first-order valence-corrected chi connectivity index (χ1v) is 16.5. The van der Waals surface area contributed by atoms with E-state index >= 15 is 0 Å². The molecule has 0 aliphatic heterocycles. The van der Waals surface area contributed by atoms with E-state index in [1.165, 1.54) is 36.8 Å². The molecule has 5 aromatic rings. The van der Waals surface area contributed by atoms with Gasteiger partial charge in [0.1, 0.15) is 0 Å². The summed E-state index contributed by atoms with van der Waals surface area (Å²) in [5, 5.41) is 0. The molecular weight excluding hydrogens is 644 g/mol. The predicted molar refractivity (Wildman–Crippen MR) is 188 cm³/mol. The van der Waals surface area contributed by atoms with Crippen molar-refractivity contribution in [3.8, 4) is 0 Å². The zero-order valence-corrected chi connectivity index (χ0v) is 27.6. The topological polar surface area (TPSA) is 6.48 Å². The summed E-state index contributed by atoms with van der Waals surface area (Å²) in [7, 11) is 0. The fourth-order valence-corrected chi connectivity index (χ4v) is 5.79. The molecule has 0 bridgehead atoms. The lowest BCUT2D eigenvalue weighted by atomic mass is 10.1. The maximum Gasteiger partial charge on any atom is 0.0702 e. The Balaban J connectivity index is 1.65. The molecule has 0 N–H and O–H groups in total. The van der Waals surface area contributed by atoms with Gasteiger partial charge in [-0.1, -0.05) is 94.9 Å². The minimum atomic E-state index is 1.06. The zero-order valence-electron chi connectivity index (χ0n) is 24.4. The highest BCUT2D eigenvalue weighted by Gasteiger charge is 2.22. The van der Waals surface area contributed by atoms with E-state index in [2.05, 4.69) is 177 Å². The minimum absolute atomic E-state index is 1.06. The summed E-state index contributed by atoms with van der Waals surface area (Å²) in [4.78, 5) is 4.74. The van der Waals surface area contributed by atoms with Gasteiger partial charge in [-0.3, -0.25) is 0 Å². The van der Waals surface area contributed by atoms with Crippen molar-refractivity contribution in [3.63, 3.8) is 0 Å². The third-order valence-corrected chi connectivity index (χ3v) is 8.62. The van der Waals surface area contributed by atoms with Crippen LogP contribution in [0.5, 0.6) is 0 Å². The molecule has 0 fully saturated rings. The normalized spacial score (nSPS) is 11.0. The third-order valence-electron chi connectivity index (χ3n) is 7.56. The highest BCUT2D eigenvalue weighted by molar-refractivity contribution is 9.10. The number of unbranched alkanes of at least 4 members (excludes halogenated alkanes) is 2. The van der Waals surface area contributed by atoms with E-state index < -0.39 is 0 Å². The van der Waals surface area contributed by atoms with Crippen LogP contribution in [-0.4, -0.2) is 0 Å². The van der Waals surface area contributed by atoms with Crippen molar-refractivity contribution in [1.82, 2.24) is 0 Å². The molecule has 0 unspecified atom stereocenters. The van der Waals surface area contributed by atoms with Crippen LogP contribution in [0.3, 0.4) is 0 Å². The first kappa shape index (κ1) is 30.1. The van der Waals surface area contributed by atoms with Gasteiger partial charge in [0.25, 0.3) is 0 Å². The van der Waals surface area contributed by atoms with Crippen LogP contribution >= 0.6 is 31.9 Å². The summed E-state index contributed by atoms with van der Waals surface area (Å²) in [6.45, 7) is 4.49. The molecule has 0 radical (unpaired) electrons. The van der Waals surface area contributed by atoms with E-state index in [0.717, 1.165) is 55.9 Å². The van der Waals surface area contributed by atoms with Crippen LogP contribution in [0.15, 0.2) is 130 Å². The van der Waals surface area contributed by atoms with Crippen molar-refractivity contribution in [2.24, 2.45) is 0 Å². The molecule has 5 aromatic carbocycles. The Morgan fingerprint density at radius 3 is 1.05 bits per heavy atom. The first-order chi connectivity index (χ1) is 20.6. The molecule has 0 saturated carbocycles. The number of aryl methyl sites for hydroxylation is 2. The SMILES string of the molecule is CCCCc1ccc(N(c2ccc(Br)cc2)c2ccccc2N(c2ccc(Br)cc2)c2ccc(CCCC)cc2)cc1. The largest absolute Gasteiger partial charge is 0.308 e. The molecule has 0 spiro atoms. The van der Waals surface area contributed by atoms with Gasteiger partial charge in [0.05, 0.1) is 11.4 Å². The van der Waals surface area contributed by atoms with Crippen molar-refractivity contribution >= 4 is 66.0 Å². The van der Waals surface area contributed by atoms with Gasteiger partial charge < -0.3 is 9.80 Å². The number of para-hydroxylation sites is 2. The van der Waals surface area contributed by atoms with Gasteiger partial charge in [0.15, 0.2) is 0 Å². The maximum atomic E-state index is 3.64. The highest BCUT2D eigenvalue weighted by Crippen LogP contribution is 2.45. The Morgan fingerprint density at radius 2 is 0.738 bits per heavy atom. The Labute approximate surface area is 268 Å². The molecule has 0 aliphatic rings. The highest BCUT2D eigenvalue weighted by atomic mass is 79.9. The number of nitrogens with zero attached hydrogens (tertiary/aromatic N) is 2. The lowest BCUT2D eigenvalue weighted by Crippen LogP contribution is -2.17. The molecule has 2 nitrogen and oxygen atoms in total. The average Bonchev–Trinajstić information content (AvgIpc) is 3.03. The Bertz CT molecular complexity index is 1420. The van der Waals surface area contributed by atoms with Crippen LogP contribution < -0.4 is 9.80 Å². The first-order valence-electron chi connectivity index (χ1n) is 15.0. The summed E-state index contributed by atoms with van der Waals surface area (Å²) in [5.41, 5.74) is 9.47. The van der Waals surface area contributed by atoms with Gasteiger partial charge in [-0.25, -0.2) is 0 Å². The van der Waals surface area contributed by atoms with Gasteiger partial charge in [-0.2, -0.15) is 0 Å². The van der Waals surface area contributed by atoms with Crippen LogP contribution in [0, 0.1) is 0 Å². The van der Waals surface area contributed by atoms with Gasteiger partial charge in [-0.15, -0.1) is 0 Å². The molecule has 4 heteroatoms. The van der Waals surface area contributed by atoms with E-state index in [4.69, 9.17) is 0 Å². The van der Waals surface area contributed by atoms with E-state index in [1.807, 2.05) is 0 Å². The lowest BCUT2D eigenvalue weighted by Gasteiger charge is -2.33. The smallest absolute Gasteiger partial charge is 0.0702 e. The van der Waals surface area contributed by atoms with E-state index in [1.54, 1.807) is 0 Å². The second-order valence-electron chi connectivity index (χ2n) is 10.7. The Hall–Kier alpha value is -3.34. The molecule has 0 saturated heterocycles. The van der Waals surface area contributed by atoms with Crippen molar-refractivity contribution in [1.29, 1.82) is 0 Å². The Morgan fingerprint density at radius 1 is 0.429 bits per heavy atom. The number of halogens is 2. The predicted octanol–water partition coefficient (Wildman–Crippen LogP) is 12.8. The zero-order chi connectivity index (χ0) is 29.3. The molecule has 5 rings (SSSR count). The molecule has 0 heterocycles. The number of anilines is 6. The fourth-order valence-electron chi connectivity index (χ4n) is 5.26. The second kappa shape index (κ2) is 14.7. The fraction of sp³-hybridized carbons (Fsp3) is 0.211. The summed E-state index contributed by atoms with van der Waals surface area (Å²) < 4.78 is 2.13.